The van der Waals surface area contributed by atoms with Crippen LogP contribution in [0.3, 0.4) is 0 Å². The van der Waals surface area contributed by atoms with Gasteiger partial charge >= 0.3 is 0 Å². The molecule has 0 saturated carbocycles. The fourth-order valence-corrected chi connectivity index (χ4v) is 4.58. The molecule has 0 bridgehead atoms. The van der Waals surface area contributed by atoms with Crippen LogP contribution in [0.15, 0.2) is 40.6 Å². The second-order valence-corrected chi connectivity index (χ2v) is 8.31. The molecular formula is C16H17FN2O3S2. The van der Waals surface area contributed by atoms with Gasteiger partial charge in [0.1, 0.15) is 5.82 Å². The highest BCUT2D eigenvalue weighted by molar-refractivity contribution is 7.89. The molecule has 2 aromatic rings. The van der Waals surface area contributed by atoms with E-state index in [2.05, 4.69) is 4.72 Å². The zero-order valence-electron chi connectivity index (χ0n) is 12.9. The van der Waals surface area contributed by atoms with Gasteiger partial charge in [-0.2, -0.15) is 0 Å². The molecule has 8 heteroatoms. The van der Waals surface area contributed by atoms with E-state index in [1.54, 1.807) is 16.2 Å². The highest BCUT2D eigenvalue weighted by Crippen LogP contribution is 2.24. The van der Waals surface area contributed by atoms with Crippen LogP contribution in [0.1, 0.15) is 16.9 Å². The molecule has 0 aliphatic carbocycles. The number of carbonyl (C=O) groups is 1. The van der Waals surface area contributed by atoms with E-state index >= 15 is 0 Å². The normalized spacial score (nSPS) is 14.5. The molecule has 0 atom stereocenters. The quantitative estimate of drug-likeness (QED) is 0.879. The van der Waals surface area contributed by atoms with Crippen LogP contribution in [0.5, 0.6) is 0 Å². The van der Waals surface area contributed by atoms with E-state index in [0.29, 0.717) is 13.1 Å². The molecule has 24 heavy (non-hydrogen) atoms. The van der Waals surface area contributed by atoms with Crippen molar-refractivity contribution in [2.45, 2.75) is 24.3 Å². The summed E-state index contributed by atoms with van der Waals surface area (Å²) in [5.74, 6) is -0.706. The topological polar surface area (TPSA) is 66.5 Å². The van der Waals surface area contributed by atoms with E-state index < -0.39 is 15.8 Å². The van der Waals surface area contributed by atoms with E-state index in [9.17, 15) is 17.6 Å². The van der Waals surface area contributed by atoms with Crippen molar-refractivity contribution >= 4 is 27.3 Å². The predicted molar refractivity (Wildman–Crippen MR) is 89.6 cm³/mol. The number of nitrogens with one attached hydrogen (secondary N) is 1. The molecule has 3 rings (SSSR count). The molecule has 0 unspecified atom stereocenters. The summed E-state index contributed by atoms with van der Waals surface area (Å²) in [5, 5.41) is 2.02. The molecule has 1 N–H and O–H groups in total. The Morgan fingerprint density at radius 1 is 1.33 bits per heavy atom. The minimum Gasteiger partial charge on any atom is -0.338 e. The van der Waals surface area contributed by atoms with Crippen LogP contribution in [0, 0.1) is 5.82 Å². The molecule has 0 spiro atoms. The first-order chi connectivity index (χ1) is 11.5. The Morgan fingerprint density at radius 2 is 2.17 bits per heavy atom. The Balaban J connectivity index is 1.54. The third-order valence-corrected chi connectivity index (χ3v) is 6.38. The molecule has 1 amide bonds. The number of thiophene rings is 1. The minimum absolute atomic E-state index is 0.00925. The van der Waals surface area contributed by atoms with Gasteiger partial charge in [0.05, 0.1) is 4.90 Å². The van der Waals surface area contributed by atoms with Crippen LogP contribution in [-0.4, -0.2) is 32.3 Å². The molecule has 1 aliphatic heterocycles. The van der Waals surface area contributed by atoms with Gasteiger partial charge in [-0.15, -0.1) is 11.3 Å². The molecular weight excluding hydrogens is 351 g/mol. The number of benzene rings is 1. The highest BCUT2D eigenvalue weighted by atomic mass is 32.2. The minimum atomic E-state index is -3.81. The van der Waals surface area contributed by atoms with Gasteiger partial charge in [0.15, 0.2) is 0 Å². The van der Waals surface area contributed by atoms with Crippen molar-refractivity contribution in [2.75, 3.05) is 13.1 Å². The van der Waals surface area contributed by atoms with E-state index in [1.165, 1.54) is 28.6 Å². The molecule has 128 valence electrons. The maximum atomic E-state index is 13.1. The van der Waals surface area contributed by atoms with E-state index in [0.717, 1.165) is 12.5 Å². The smallest absolute Gasteiger partial charge is 0.240 e. The summed E-state index contributed by atoms with van der Waals surface area (Å²) in [6.07, 6.45) is 0.918. The van der Waals surface area contributed by atoms with Crippen molar-refractivity contribution in [1.82, 2.24) is 9.62 Å². The summed E-state index contributed by atoms with van der Waals surface area (Å²) >= 11 is 1.70. The summed E-state index contributed by atoms with van der Waals surface area (Å²) < 4.78 is 39.6. The monoisotopic (exact) mass is 368 g/mol. The van der Waals surface area contributed by atoms with Crippen LogP contribution in [0.25, 0.3) is 0 Å². The zero-order chi connectivity index (χ0) is 17.2. The van der Waals surface area contributed by atoms with Gasteiger partial charge < -0.3 is 4.90 Å². The maximum absolute atomic E-state index is 13.1. The summed E-state index contributed by atoms with van der Waals surface area (Å²) in [6, 6.07) is 6.80. The molecule has 5 nitrogen and oxygen atoms in total. The Labute approximate surface area is 144 Å². The molecule has 0 saturated heterocycles. The summed E-state index contributed by atoms with van der Waals surface area (Å²) in [4.78, 5) is 15.2. The highest BCUT2D eigenvalue weighted by Gasteiger charge is 2.22. The second-order valence-electron chi connectivity index (χ2n) is 5.54. The van der Waals surface area contributed by atoms with Crippen molar-refractivity contribution in [3.05, 3.63) is 52.0 Å². The number of fused-ring (bicyclic) bond motifs is 1. The maximum Gasteiger partial charge on any atom is 0.240 e. The fourth-order valence-electron chi connectivity index (χ4n) is 2.63. The fraction of sp³-hybridized carbons (Fsp3) is 0.312. The van der Waals surface area contributed by atoms with Crippen LogP contribution < -0.4 is 4.72 Å². The summed E-state index contributed by atoms with van der Waals surface area (Å²) in [6.45, 7) is 1.22. The Kier molecular flexibility index (Phi) is 4.98. The molecule has 0 fully saturated rings. The van der Waals surface area contributed by atoms with Crippen LogP contribution in [0.2, 0.25) is 0 Å². The number of carbonyl (C=O) groups excluding carboxylic acids is 1. The lowest BCUT2D eigenvalue weighted by atomic mass is 10.1. The van der Waals surface area contributed by atoms with Crippen molar-refractivity contribution < 1.29 is 17.6 Å². The van der Waals surface area contributed by atoms with Crippen molar-refractivity contribution in [3.63, 3.8) is 0 Å². The summed E-state index contributed by atoms with van der Waals surface area (Å²) in [7, 11) is -3.81. The number of hydrogen-bond donors (Lipinski definition) is 1. The van der Waals surface area contributed by atoms with Gasteiger partial charge in [-0.3, -0.25) is 4.79 Å². The Bertz CT molecular complexity index is 849. The molecule has 2 heterocycles. The third kappa shape index (κ3) is 3.82. The van der Waals surface area contributed by atoms with Gasteiger partial charge in [-0.25, -0.2) is 17.5 Å². The standard InChI is InChI=1S/C16H17FN2O3S2/c17-13-2-1-3-14(10-13)24(21,22)18-7-4-16(20)19-8-5-15-12(11-19)6-9-23-15/h1-3,6,9-10,18H,4-5,7-8,11H2. The van der Waals surface area contributed by atoms with Gasteiger partial charge in [0.25, 0.3) is 0 Å². The number of sulfonamides is 1. The first kappa shape index (κ1) is 17.1. The molecule has 0 radical (unpaired) electrons. The third-order valence-electron chi connectivity index (χ3n) is 3.90. The summed E-state index contributed by atoms with van der Waals surface area (Å²) in [5.41, 5.74) is 1.17. The van der Waals surface area contributed by atoms with Gasteiger partial charge in [0.2, 0.25) is 15.9 Å². The van der Waals surface area contributed by atoms with Gasteiger partial charge in [-0.05, 0) is 41.6 Å². The Morgan fingerprint density at radius 3 is 2.96 bits per heavy atom. The average Bonchev–Trinajstić information content (AvgIpc) is 3.02. The number of halogens is 1. The number of nitrogens with zero attached hydrogens (tertiary/aromatic N) is 1. The van der Waals surface area contributed by atoms with Gasteiger partial charge in [-0.1, -0.05) is 6.07 Å². The number of amides is 1. The van der Waals surface area contributed by atoms with E-state index in [4.69, 9.17) is 0 Å². The van der Waals surface area contributed by atoms with Crippen LogP contribution in [0.4, 0.5) is 4.39 Å². The largest absolute Gasteiger partial charge is 0.338 e. The predicted octanol–water partition coefficient (Wildman–Crippen LogP) is 2.14. The lowest BCUT2D eigenvalue weighted by Crippen LogP contribution is -2.37. The first-order valence-corrected chi connectivity index (χ1v) is 9.90. The first-order valence-electron chi connectivity index (χ1n) is 7.54. The second kappa shape index (κ2) is 7.00. The zero-order valence-corrected chi connectivity index (χ0v) is 14.5. The van der Waals surface area contributed by atoms with Crippen LogP contribution in [-0.2, 0) is 27.8 Å². The van der Waals surface area contributed by atoms with Crippen molar-refractivity contribution in [1.29, 1.82) is 0 Å². The number of rotatable bonds is 5. The van der Waals surface area contributed by atoms with Crippen molar-refractivity contribution in [2.24, 2.45) is 0 Å². The van der Waals surface area contributed by atoms with E-state index in [-0.39, 0.29) is 23.8 Å². The lowest BCUT2D eigenvalue weighted by Gasteiger charge is -2.27. The van der Waals surface area contributed by atoms with Crippen molar-refractivity contribution in [3.8, 4) is 0 Å². The average molecular weight is 368 g/mol. The SMILES string of the molecule is O=C(CCNS(=O)(=O)c1cccc(F)c1)N1CCc2sccc2C1. The molecule has 1 aromatic carbocycles. The Hall–Kier alpha value is -1.77. The van der Waals surface area contributed by atoms with Gasteiger partial charge in [0, 0.05) is 30.9 Å². The number of hydrogen-bond acceptors (Lipinski definition) is 4. The van der Waals surface area contributed by atoms with E-state index in [1.807, 2.05) is 11.4 Å². The van der Waals surface area contributed by atoms with Crippen LogP contribution >= 0.6 is 11.3 Å². The lowest BCUT2D eigenvalue weighted by molar-refractivity contribution is -0.131. The molecule has 1 aliphatic rings. The molecule has 1 aromatic heterocycles.